The van der Waals surface area contributed by atoms with Crippen molar-refractivity contribution >= 4 is 8.19 Å². The normalized spacial score (nSPS) is 11.2. The minimum absolute atomic E-state index is 0.959. The summed E-state index contributed by atoms with van der Waals surface area (Å²) in [5, 5.41) is 0. The summed E-state index contributed by atoms with van der Waals surface area (Å²) in [6.45, 7) is 2.27. The molecule has 0 aromatic carbocycles. The van der Waals surface area contributed by atoms with Crippen LogP contribution in [0.1, 0.15) is 51.0 Å². The van der Waals surface area contributed by atoms with Crippen LogP contribution in [-0.2, 0) is 6.42 Å². The van der Waals surface area contributed by atoms with E-state index in [1.54, 1.807) is 5.56 Å². The van der Waals surface area contributed by atoms with E-state index in [1.807, 2.05) is 0 Å². The molecule has 1 unspecified atom stereocenters. The molecule has 1 heteroatoms. The minimum Gasteiger partial charge on any atom is -0.140 e. The lowest BCUT2D eigenvalue weighted by molar-refractivity contribution is 0.608. The molecule has 1 aromatic rings. The van der Waals surface area contributed by atoms with Gasteiger partial charge < -0.3 is 0 Å². The summed E-state index contributed by atoms with van der Waals surface area (Å²) in [4.78, 5) is 0. The SMILES string of the molecule is CCCCCCCCc1cc[pH]c1. The Kier molecular flexibility index (Phi) is 6.02. The fraction of sp³-hybridized carbons (Fsp3) is 0.667. The summed E-state index contributed by atoms with van der Waals surface area (Å²) in [7, 11) is 0.959. The predicted molar refractivity (Wildman–Crippen MR) is 63.0 cm³/mol. The second kappa shape index (κ2) is 7.21. The van der Waals surface area contributed by atoms with E-state index in [9.17, 15) is 0 Å². The molecule has 0 saturated heterocycles. The Hall–Kier alpha value is -0.220. The maximum absolute atomic E-state index is 2.38. The highest BCUT2D eigenvalue weighted by molar-refractivity contribution is 7.28. The topological polar surface area (TPSA) is 0 Å². The lowest BCUT2D eigenvalue weighted by Crippen LogP contribution is -1.83. The van der Waals surface area contributed by atoms with Crippen molar-refractivity contribution in [2.24, 2.45) is 0 Å². The van der Waals surface area contributed by atoms with Crippen LogP contribution in [-0.4, -0.2) is 0 Å². The maximum Gasteiger partial charge on any atom is -0.0276 e. The second-order valence-electron chi connectivity index (χ2n) is 3.74. The largest absolute Gasteiger partial charge is 0.140 e. The van der Waals surface area contributed by atoms with E-state index in [0.29, 0.717) is 0 Å². The summed E-state index contributed by atoms with van der Waals surface area (Å²) in [5.41, 5.74) is 1.58. The molecule has 0 amide bonds. The van der Waals surface area contributed by atoms with E-state index < -0.39 is 0 Å². The fourth-order valence-corrected chi connectivity index (χ4v) is 2.48. The van der Waals surface area contributed by atoms with E-state index in [1.165, 1.54) is 44.9 Å². The van der Waals surface area contributed by atoms with Gasteiger partial charge in [0.15, 0.2) is 0 Å². The summed E-state index contributed by atoms with van der Waals surface area (Å²) >= 11 is 0. The molecule has 0 aliphatic rings. The van der Waals surface area contributed by atoms with Crippen molar-refractivity contribution in [3.8, 4) is 0 Å². The number of aryl methyl sites for hydroxylation is 1. The molecule has 1 atom stereocenters. The Morgan fingerprint density at radius 1 is 1.08 bits per heavy atom. The monoisotopic (exact) mass is 196 g/mol. The van der Waals surface area contributed by atoms with Crippen LogP contribution < -0.4 is 0 Å². The number of hydrogen-bond acceptors (Lipinski definition) is 0. The fourth-order valence-electron chi connectivity index (χ4n) is 1.62. The Morgan fingerprint density at radius 2 is 1.85 bits per heavy atom. The molecule has 0 N–H and O–H groups in total. The molecular formula is C12H21P. The molecule has 1 heterocycles. The molecular weight excluding hydrogens is 175 g/mol. The molecule has 0 nitrogen and oxygen atoms in total. The molecule has 1 rings (SSSR count). The predicted octanol–water partition coefficient (Wildman–Crippen LogP) is 4.62. The molecule has 0 bridgehead atoms. The lowest BCUT2D eigenvalue weighted by atomic mass is 10.1. The van der Waals surface area contributed by atoms with Gasteiger partial charge in [-0.3, -0.25) is 0 Å². The highest BCUT2D eigenvalue weighted by Crippen LogP contribution is 2.14. The van der Waals surface area contributed by atoms with E-state index in [4.69, 9.17) is 0 Å². The van der Waals surface area contributed by atoms with Crippen LogP contribution in [0.15, 0.2) is 17.7 Å². The Morgan fingerprint density at radius 3 is 2.54 bits per heavy atom. The maximum atomic E-state index is 2.38. The van der Waals surface area contributed by atoms with Crippen molar-refractivity contribution in [2.45, 2.75) is 51.9 Å². The van der Waals surface area contributed by atoms with Crippen molar-refractivity contribution in [1.82, 2.24) is 0 Å². The first-order chi connectivity index (χ1) is 6.43. The van der Waals surface area contributed by atoms with Gasteiger partial charge in [0.2, 0.25) is 0 Å². The van der Waals surface area contributed by atoms with Crippen molar-refractivity contribution in [3.63, 3.8) is 0 Å². The van der Waals surface area contributed by atoms with Crippen molar-refractivity contribution in [3.05, 3.63) is 23.2 Å². The third-order valence-corrected chi connectivity index (χ3v) is 3.38. The summed E-state index contributed by atoms with van der Waals surface area (Å²) in [6.07, 6.45) is 9.79. The zero-order chi connectivity index (χ0) is 9.36. The third kappa shape index (κ3) is 5.16. The number of unbranched alkanes of at least 4 members (excludes halogenated alkanes) is 5. The van der Waals surface area contributed by atoms with Gasteiger partial charge in [-0.05, 0) is 30.0 Å². The number of rotatable bonds is 7. The van der Waals surface area contributed by atoms with E-state index in [2.05, 4.69) is 24.6 Å². The van der Waals surface area contributed by atoms with Gasteiger partial charge in [0, 0.05) is 0 Å². The van der Waals surface area contributed by atoms with E-state index in [0.717, 1.165) is 8.19 Å². The second-order valence-corrected chi connectivity index (χ2v) is 4.69. The average Bonchev–Trinajstić information content (AvgIpc) is 2.63. The van der Waals surface area contributed by atoms with Crippen LogP contribution in [0.4, 0.5) is 0 Å². The van der Waals surface area contributed by atoms with E-state index in [-0.39, 0.29) is 0 Å². The van der Waals surface area contributed by atoms with Crippen LogP contribution in [0.5, 0.6) is 0 Å². The smallest absolute Gasteiger partial charge is 0.0276 e. The zero-order valence-electron chi connectivity index (χ0n) is 8.68. The molecule has 0 saturated carbocycles. The molecule has 0 aliphatic heterocycles. The van der Waals surface area contributed by atoms with Crippen LogP contribution >= 0.6 is 8.19 Å². The lowest BCUT2D eigenvalue weighted by Gasteiger charge is -1.99. The highest BCUT2D eigenvalue weighted by Gasteiger charge is 1.92. The van der Waals surface area contributed by atoms with Crippen molar-refractivity contribution in [1.29, 1.82) is 0 Å². The zero-order valence-corrected chi connectivity index (χ0v) is 9.68. The summed E-state index contributed by atoms with van der Waals surface area (Å²) < 4.78 is 0. The summed E-state index contributed by atoms with van der Waals surface area (Å²) in [6, 6.07) is 2.30. The molecule has 74 valence electrons. The molecule has 0 aliphatic carbocycles. The van der Waals surface area contributed by atoms with Gasteiger partial charge in [0.1, 0.15) is 0 Å². The molecule has 0 spiro atoms. The van der Waals surface area contributed by atoms with Gasteiger partial charge in [0.25, 0.3) is 0 Å². The molecule has 13 heavy (non-hydrogen) atoms. The van der Waals surface area contributed by atoms with E-state index >= 15 is 0 Å². The highest BCUT2D eigenvalue weighted by atomic mass is 31.0. The van der Waals surface area contributed by atoms with Gasteiger partial charge in [-0.15, -0.1) is 8.19 Å². The van der Waals surface area contributed by atoms with Crippen LogP contribution in [0.25, 0.3) is 0 Å². The van der Waals surface area contributed by atoms with Crippen LogP contribution in [0.3, 0.4) is 0 Å². The Balaban J connectivity index is 1.90. The number of hydrogen-bond donors (Lipinski definition) is 0. The standard InChI is InChI=1S/C12H21P/c1-2-3-4-5-6-7-8-12-9-10-13-11-12/h9-11,13H,2-8H2,1H3. The third-order valence-electron chi connectivity index (χ3n) is 2.48. The first kappa shape index (κ1) is 10.9. The molecule has 0 fully saturated rings. The Bertz CT molecular complexity index is 189. The summed E-state index contributed by atoms with van der Waals surface area (Å²) in [5.74, 6) is 4.67. The van der Waals surface area contributed by atoms with Crippen LogP contribution in [0, 0.1) is 0 Å². The first-order valence-electron chi connectivity index (χ1n) is 5.55. The van der Waals surface area contributed by atoms with Gasteiger partial charge in [-0.25, -0.2) is 0 Å². The first-order valence-corrected chi connectivity index (χ1v) is 6.70. The van der Waals surface area contributed by atoms with Gasteiger partial charge >= 0.3 is 0 Å². The van der Waals surface area contributed by atoms with Crippen molar-refractivity contribution in [2.75, 3.05) is 0 Å². The quantitative estimate of drug-likeness (QED) is 0.558. The molecule has 1 aromatic heterocycles. The molecule has 0 radical (unpaired) electrons. The van der Waals surface area contributed by atoms with Crippen LogP contribution in [0.2, 0.25) is 0 Å². The van der Waals surface area contributed by atoms with Gasteiger partial charge in [0.05, 0.1) is 0 Å². The minimum atomic E-state index is 0.959. The van der Waals surface area contributed by atoms with Gasteiger partial charge in [-0.2, -0.15) is 0 Å². The van der Waals surface area contributed by atoms with Gasteiger partial charge in [-0.1, -0.05) is 45.1 Å². The van der Waals surface area contributed by atoms with Crippen molar-refractivity contribution < 1.29 is 0 Å². The Labute approximate surface area is 83.8 Å². The average molecular weight is 196 g/mol.